The minimum Gasteiger partial charge on any atom is -0.350 e. The average molecular weight is 455 g/mol. The summed E-state index contributed by atoms with van der Waals surface area (Å²) in [5, 5.41) is 15.7. The van der Waals surface area contributed by atoms with Gasteiger partial charge >= 0.3 is 0 Å². The first-order chi connectivity index (χ1) is 14.0. The van der Waals surface area contributed by atoms with Crippen LogP contribution < -0.4 is 5.32 Å². The van der Waals surface area contributed by atoms with Crippen LogP contribution in [0.15, 0.2) is 34.5 Å². The third-order valence-electron chi connectivity index (χ3n) is 4.02. The van der Waals surface area contributed by atoms with E-state index in [0.717, 1.165) is 0 Å². The van der Waals surface area contributed by atoms with Crippen molar-refractivity contribution in [2.75, 3.05) is 13.1 Å². The second-order valence-corrected chi connectivity index (χ2v) is 10.6. The lowest BCUT2D eigenvalue weighted by atomic mass is 10.2. The smallest absolute Gasteiger partial charge is 0.270 e. The Hall–Kier alpha value is -2.37. The fourth-order valence-corrected chi connectivity index (χ4v) is 5.01. The normalized spacial score (nSPS) is 12.0. The van der Waals surface area contributed by atoms with Crippen molar-refractivity contribution in [2.45, 2.75) is 39.1 Å². The molecular weight excluding hydrogens is 428 g/mol. The Morgan fingerprint density at radius 1 is 1.20 bits per heavy atom. The number of carbonyl (C=O) groups excluding carboxylic acids is 1. The summed E-state index contributed by atoms with van der Waals surface area (Å²) >= 11 is 1.22. The molecule has 164 valence electrons. The van der Waals surface area contributed by atoms with E-state index in [1.54, 1.807) is 5.38 Å². The summed E-state index contributed by atoms with van der Waals surface area (Å²) in [7, 11) is -3.89. The number of sulfonamides is 1. The Labute approximate surface area is 180 Å². The summed E-state index contributed by atoms with van der Waals surface area (Å²) in [6.45, 7) is 8.54. The summed E-state index contributed by atoms with van der Waals surface area (Å²) in [6, 6.07) is 4.79. The summed E-state index contributed by atoms with van der Waals surface area (Å²) in [5.41, 5.74) is 0.0780. The molecule has 30 heavy (non-hydrogen) atoms. The molecular formula is C19H26N4O5S2. The van der Waals surface area contributed by atoms with E-state index in [2.05, 4.69) is 10.3 Å². The van der Waals surface area contributed by atoms with Crippen molar-refractivity contribution < 1.29 is 18.1 Å². The molecule has 11 heteroatoms. The van der Waals surface area contributed by atoms with Crippen LogP contribution in [0.1, 0.15) is 43.2 Å². The van der Waals surface area contributed by atoms with Crippen molar-refractivity contribution in [3.63, 3.8) is 0 Å². The Morgan fingerprint density at radius 3 is 2.37 bits per heavy atom. The number of nitro benzene ring substituents is 1. The van der Waals surface area contributed by atoms with E-state index < -0.39 is 14.9 Å². The van der Waals surface area contributed by atoms with Crippen LogP contribution in [0, 0.1) is 22.0 Å². The van der Waals surface area contributed by atoms with E-state index in [4.69, 9.17) is 0 Å². The highest BCUT2D eigenvalue weighted by Gasteiger charge is 2.27. The zero-order chi connectivity index (χ0) is 22.5. The quantitative estimate of drug-likeness (QED) is 0.434. The maximum Gasteiger partial charge on any atom is 0.270 e. The number of nitrogens with zero attached hydrogens (tertiary/aromatic N) is 3. The van der Waals surface area contributed by atoms with E-state index in [1.165, 1.54) is 39.9 Å². The van der Waals surface area contributed by atoms with Gasteiger partial charge in [-0.15, -0.1) is 11.3 Å². The molecule has 0 aliphatic heterocycles. The van der Waals surface area contributed by atoms with Gasteiger partial charge in [-0.3, -0.25) is 14.9 Å². The summed E-state index contributed by atoms with van der Waals surface area (Å²) < 4.78 is 27.5. The third kappa shape index (κ3) is 6.31. The molecule has 1 aromatic heterocycles. The summed E-state index contributed by atoms with van der Waals surface area (Å²) in [5.74, 6) is 0.0619. The Kier molecular flexibility index (Phi) is 8.04. The number of nitro groups is 1. The van der Waals surface area contributed by atoms with Gasteiger partial charge < -0.3 is 5.32 Å². The molecule has 1 N–H and O–H groups in total. The zero-order valence-corrected chi connectivity index (χ0v) is 19.0. The highest BCUT2D eigenvalue weighted by molar-refractivity contribution is 7.89. The van der Waals surface area contributed by atoms with Crippen LogP contribution in [0.2, 0.25) is 0 Å². The number of rotatable bonds is 10. The predicted molar refractivity (Wildman–Crippen MR) is 115 cm³/mol. The lowest BCUT2D eigenvalue weighted by Gasteiger charge is -2.23. The second-order valence-electron chi connectivity index (χ2n) is 7.67. The number of amides is 1. The molecule has 0 unspecified atom stereocenters. The lowest BCUT2D eigenvalue weighted by Crippen LogP contribution is -2.34. The molecule has 1 aromatic carbocycles. The van der Waals surface area contributed by atoms with Gasteiger partial charge in [-0.05, 0) is 24.0 Å². The number of benzene rings is 1. The van der Waals surface area contributed by atoms with Gasteiger partial charge in [0.1, 0.15) is 10.7 Å². The number of carbonyl (C=O) groups is 1. The van der Waals surface area contributed by atoms with Crippen LogP contribution >= 0.6 is 11.3 Å². The standard InChI is InChI=1S/C19H26N4O5S2/c1-13(2)9-20-19(24)17-12-29-18(21-17)11-22(10-14(3)4)30(27,28)16-7-5-15(6-8-16)23(25)26/h5-8,12-14H,9-11H2,1-4H3,(H,20,24). The molecule has 0 fully saturated rings. The van der Waals surface area contributed by atoms with E-state index in [1.807, 2.05) is 27.7 Å². The minimum absolute atomic E-state index is 0.0135. The Morgan fingerprint density at radius 2 is 1.83 bits per heavy atom. The Balaban J connectivity index is 2.23. The van der Waals surface area contributed by atoms with Gasteiger partial charge in [0.05, 0.1) is 16.4 Å². The van der Waals surface area contributed by atoms with Crippen LogP contribution in [0.3, 0.4) is 0 Å². The molecule has 1 amide bonds. The van der Waals surface area contributed by atoms with Gasteiger partial charge in [-0.25, -0.2) is 13.4 Å². The van der Waals surface area contributed by atoms with Crippen molar-refractivity contribution in [2.24, 2.45) is 11.8 Å². The average Bonchev–Trinajstić information content (AvgIpc) is 3.14. The Bertz CT molecular complexity index is 985. The van der Waals surface area contributed by atoms with Gasteiger partial charge in [-0.1, -0.05) is 27.7 Å². The molecule has 0 aliphatic carbocycles. The molecule has 0 bridgehead atoms. The molecule has 0 radical (unpaired) electrons. The van der Waals surface area contributed by atoms with Crippen LogP contribution in [0.5, 0.6) is 0 Å². The molecule has 0 saturated carbocycles. The molecule has 2 rings (SSSR count). The van der Waals surface area contributed by atoms with E-state index in [-0.39, 0.29) is 41.2 Å². The monoisotopic (exact) mass is 454 g/mol. The molecule has 0 aliphatic rings. The highest BCUT2D eigenvalue weighted by Crippen LogP contribution is 2.23. The van der Waals surface area contributed by atoms with Gasteiger partial charge in [0.25, 0.3) is 11.6 Å². The van der Waals surface area contributed by atoms with Crippen molar-refractivity contribution in [3.8, 4) is 0 Å². The molecule has 2 aromatic rings. The summed E-state index contributed by atoms with van der Waals surface area (Å²) in [6.07, 6.45) is 0. The first-order valence-electron chi connectivity index (χ1n) is 9.48. The second kappa shape index (κ2) is 10.1. The zero-order valence-electron chi connectivity index (χ0n) is 17.4. The van der Waals surface area contributed by atoms with Gasteiger partial charge in [0.15, 0.2) is 0 Å². The SMILES string of the molecule is CC(C)CNC(=O)c1csc(CN(CC(C)C)S(=O)(=O)c2ccc([N+](=O)[O-])cc2)n1. The molecule has 1 heterocycles. The molecule has 9 nitrogen and oxygen atoms in total. The number of aromatic nitrogens is 1. The van der Waals surface area contributed by atoms with Crippen molar-refractivity contribution in [3.05, 3.63) is 50.5 Å². The molecule has 0 spiro atoms. The first kappa shape index (κ1) is 23.9. The molecule has 0 atom stereocenters. The van der Waals surface area contributed by atoms with Crippen molar-refractivity contribution >= 4 is 33.0 Å². The van der Waals surface area contributed by atoms with Crippen molar-refractivity contribution in [1.82, 2.24) is 14.6 Å². The van der Waals surface area contributed by atoms with Gasteiger partial charge in [-0.2, -0.15) is 4.31 Å². The maximum atomic E-state index is 13.1. The van der Waals surface area contributed by atoms with Crippen LogP contribution in [-0.4, -0.2) is 41.6 Å². The van der Waals surface area contributed by atoms with Crippen LogP contribution in [0.4, 0.5) is 5.69 Å². The predicted octanol–water partition coefficient (Wildman–Crippen LogP) is 3.28. The number of hydrogen-bond acceptors (Lipinski definition) is 7. The number of non-ortho nitro benzene ring substituents is 1. The minimum atomic E-state index is -3.89. The van der Waals surface area contributed by atoms with Gasteiger partial charge in [0.2, 0.25) is 10.0 Å². The van der Waals surface area contributed by atoms with Gasteiger partial charge in [0, 0.05) is 30.6 Å². The maximum absolute atomic E-state index is 13.1. The van der Waals surface area contributed by atoms with Crippen molar-refractivity contribution in [1.29, 1.82) is 0 Å². The number of hydrogen-bond donors (Lipinski definition) is 1. The third-order valence-corrected chi connectivity index (χ3v) is 6.68. The fourth-order valence-electron chi connectivity index (χ4n) is 2.57. The lowest BCUT2D eigenvalue weighted by molar-refractivity contribution is -0.384. The van der Waals surface area contributed by atoms with E-state index in [9.17, 15) is 23.3 Å². The number of thiazole rings is 1. The number of nitrogens with one attached hydrogen (secondary N) is 1. The van der Waals surface area contributed by atoms with E-state index in [0.29, 0.717) is 17.5 Å². The highest BCUT2D eigenvalue weighted by atomic mass is 32.2. The van der Waals surface area contributed by atoms with E-state index >= 15 is 0 Å². The largest absolute Gasteiger partial charge is 0.350 e. The van der Waals surface area contributed by atoms with Crippen LogP contribution in [0.25, 0.3) is 0 Å². The molecule has 0 saturated heterocycles. The topological polar surface area (TPSA) is 123 Å². The van der Waals surface area contributed by atoms with Crippen LogP contribution in [-0.2, 0) is 16.6 Å². The summed E-state index contributed by atoms with van der Waals surface area (Å²) in [4.78, 5) is 26.7. The first-order valence-corrected chi connectivity index (χ1v) is 11.8. The fraction of sp³-hybridized carbons (Fsp3) is 0.474.